The summed E-state index contributed by atoms with van der Waals surface area (Å²) in [6, 6.07) is 16.2. The SMILES string of the molecule is Cc1ccc([P+](Cl)(Cl)c2ccc(C)cc2)cc1. The molecule has 0 N–H and O–H groups in total. The fraction of sp³-hybridized carbons (Fsp3) is 0.143. The lowest BCUT2D eigenvalue weighted by atomic mass is 10.2. The lowest BCUT2D eigenvalue weighted by Crippen LogP contribution is -2.13. The number of aryl methyl sites for hydroxylation is 2. The van der Waals surface area contributed by atoms with Crippen LogP contribution in [0.5, 0.6) is 0 Å². The van der Waals surface area contributed by atoms with Gasteiger partial charge in [0.05, 0.1) is 0 Å². The third-order valence-electron chi connectivity index (χ3n) is 2.72. The third kappa shape index (κ3) is 2.83. The average molecular weight is 284 g/mol. The summed E-state index contributed by atoms with van der Waals surface area (Å²) in [6.07, 6.45) is 0. The topological polar surface area (TPSA) is 0 Å². The maximum atomic E-state index is 6.57. The standard InChI is InChI=1S/C14H14Cl2P/c1-11-3-7-13(8-4-11)17(15,16)14-9-5-12(2)6-10-14/h3-10H,1-2H3/q+1. The van der Waals surface area contributed by atoms with Gasteiger partial charge < -0.3 is 0 Å². The molecule has 0 nitrogen and oxygen atoms in total. The Hall–Kier alpha value is -0.550. The van der Waals surface area contributed by atoms with E-state index < -0.39 is 5.97 Å². The van der Waals surface area contributed by atoms with Gasteiger partial charge >= 0.3 is 0 Å². The quantitative estimate of drug-likeness (QED) is 0.708. The molecular weight excluding hydrogens is 270 g/mol. The fourth-order valence-corrected chi connectivity index (χ4v) is 4.31. The molecule has 0 atom stereocenters. The van der Waals surface area contributed by atoms with Crippen LogP contribution in [0, 0.1) is 13.8 Å². The zero-order valence-corrected chi connectivity index (χ0v) is 12.2. The van der Waals surface area contributed by atoms with Crippen molar-refractivity contribution in [1.82, 2.24) is 0 Å². The number of halogens is 2. The molecule has 0 fully saturated rings. The highest BCUT2D eigenvalue weighted by Gasteiger charge is 2.40. The molecule has 0 saturated heterocycles. The Balaban J connectivity index is 2.41. The van der Waals surface area contributed by atoms with Crippen molar-refractivity contribution in [1.29, 1.82) is 0 Å². The summed E-state index contributed by atoms with van der Waals surface area (Å²) in [6.45, 7) is 4.11. The molecular formula is C14H14Cl2P+. The van der Waals surface area contributed by atoms with Crippen LogP contribution < -0.4 is 10.6 Å². The zero-order chi connectivity index (χ0) is 12.5. The van der Waals surface area contributed by atoms with Crippen LogP contribution in [0.15, 0.2) is 48.5 Å². The molecule has 3 heteroatoms. The maximum absolute atomic E-state index is 6.57. The van der Waals surface area contributed by atoms with E-state index in [0.717, 1.165) is 10.6 Å². The Morgan fingerprint density at radius 2 is 0.941 bits per heavy atom. The molecule has 0 bridgehead atoms. The largest absolute Gasteiger partial charge is 0.275 e. The Bertz CT molecular complexity index is 453. The van der Waals surface area contributed by atoms with E-state index in [1.165, 1.54) is 11.1 Å². The highest BCUT2D eigenvalue weighted by Crippen LogP contribution is 2.66. The van der Waals surface area contributed by atoms with Gasteiger partial charge in [-0.2, -0.15) is 0 Å². The second-order valence-corrected chi connectivity index (χ2v) is 9.81. The fourth-order valence-electron chi connectivity index (χ4n) is 1.61. The first-order valence-corrected chi connectivity index (χ1v) is 9.03. The summed E-state index contributed by atoms with van der Waals surface area (Å²) >= 11 is 13.1. The molecule has 2 aromatic carbocycles. The van der Waals surface area contributed by atoms with E-state index in [4.69, 9.17) is 22.5 Å². The predicted octanol–water partition coefficient (Wildman–Crippen LogP) is 4.58. The Morgan fingerprint density at radius 1 is 0.647 bits per heavy atom. The van der Waals surface area contributed by atoms with Crippen LogP contribution in [0.25, 0.3) is 0 Å². The molecule has 0 saturated carbocycles. The summed E-state index contributed by atoms with van der Waals surface area (Å²) in [5, 5.41) is 2.02. The Kier molecular flexibility index (Phi) is 3.78. The van der Waals surface area contributed by atoms with Crippen molar-refractivity contribution in [3.8, 4) is 0 Å². The van der Waals surface area contributed by atoms with Crippen LogP contribution in [0.2, 0.25) is 0 Å². The molecule has 0 aliphatic heterocycles. The van der Waals surface area contributed by atoms with Gasteiger partial charge in [0.15, 0.2) is 0 Å². The lowest BCUT2D eigenvalue weighted by molar-refractivity contribution is 1.49. The molecule has 2 aromatic rings. The van der Waals surface area contributed by atoms with Crippen LogP contribution in [-0.2, 0) is 0 Å². The first kappa shape index (κ1) is 12.9. The second-order valence-electron chi connectivity index (χ2n) is 4.18. The van der Waals surface area contributed by atoms with E-state index in [0.29, 0.717) is 0 Å². The Labute approximate surface area is 112 Å². The molecule has 2 rings (SSSR count). The number of rotatable bonds is 2. The predicted molar refractivity (Wildman–Crippen MR) is 80.3 cm³/mol. The first-order chi connectivity index (χ1) is 8.00. The minimum Gasteiger partial charge on any atom is -0.0553 e. The van der Waals surface area contributed by atoms with Gasteiger partial charge in [-0.15, -0.1) is 0 Å². The summed E-state index contributed by atoms with van der Waals surface area (Å²) in [5.41, 5.74) is 2.43. The highest BCUT2D eigenvalue weighted by molar-refractivity contribution is 8.26. The molecule has 88 valence electrons. The Morgan fingerprint density at radius 3 is 1.24 bits per heavy atom. The first-order valence-electron chi connectivity index (χ1n) is 5.43. The molecule has 17 heavy (non-hydrogen) atoms. The lowest BCUT2D eigenvalue weighted by Gasteiger charge is -2.10. The third-order valence-corrected chi connectivity index (χ3v) is 6.95. The normalized spacial score (nSPS) is 11.5. The molecule has 0 unspecified atom stereocenters. The average Bonchev–Trinajstić information content (AvgIpc) is 2.30. The summed E-state index contributed by atoms with van der Waals surface area (Å²) in [4.78, 5) is 0. The smallest absolute Gasteiger partial charge is 0.0553 e. The van der Waals surface area contributed by atoms with Gasteiger partial charge in [0.25, 0.3) is 5.97 Å². The van der Waals surface area contributed by atoms with E-state index in [1.807, 2.05) is 48.5 Å². The zero-order valence-electron chi connectivity index (χ0n) is 9.82. The van der Waals surface area contributed by atoms with Crippen molar-refractivity contribution >= 4 is 39.1 Å². The van der Waals surface area contributed by atoms with Crippen LogP contribution in [-0.4, -0.2) is 0 Å². The molecule has 0 aliphatic rings. The number of benzene rings is 2. The van der Waals surface area contributed by atoms with E-state index >= 15 is 0 Å². The van der Waals surface area contributed by atoms with Gasteiger partial charge in [-0.25, -0.2) is 0 Å². The molecule has 0 aromatic heterocycles. The number of hydrogen-bond acceptors (Lipinski definition) is 0. The van der Waals surface area contributed by atoms with Crippen molar-refractivity contribution < 1.29 is 0 Å². The molecule has 0 heterocycles. The minimum atomic E-state index is -2.24. The van der Waals surface area contributed by atoms with Crippen LogP contribution in [0.4, 0.5) is 0 Å². The summed E-state index contributed by atoms with van der Waals surface area (Å²) in [7, 11) is 0. The summed E-state index contributed by atoms with van der Waals surface area (Å²) < 4.78 is 0. The van der Waals surface area contributed by atoms with E-state index in [-0.39, 0.29) is 0 Å². The van der Waals surface area contributed by atoms with Crippen molar-refractivity contribution in [3.63, 3.8) is 0 Å². The van der Waals surface area contributed by atoms with Gasteiger partial charge in [-0.3, -0.25) is 0 Å². The monoisotopic (exact) mass is 283 g/mol. The van der Waals surface area contributed by atoms with E-state index in [1.54, 1.807) is 0 Å². The van der Waals surface area contributed by atoms with Crippen LogP contribution in [0.1, 0.15) is 11.1 Å². The van der Waals surface area contributed by atoms with Crippen molar-refractivity contribution in [2.24, 2.45) is 0 Å². The summed E-state index contributed by atoms with van der Waals surface area (Å²) in [5.74, 6) is -2.24. The number of hydrogen-bond donors (Lipinski definition) is 0. The second kappa shape index (κ2) is 4.98. The molecule has 0 radical (unpaired) electrons. The molecule has 0 aliphatic carbocycles. The van der Waals surface area contributed by atoms with Crippen molar-refractivity contribution in [2.75, 3.05) is 0 Å². The van der Waals surface area contributed by atoms with Crippen LogP contribution >= 0.6 is 28.4 Å². The van der Waals surface area contributed by atoms with Gasteiger partial charge in [-0.05, 0) is 38.1 Å². The van der Waals surface area contributed by atoms with Crippen molar-refractivity contribution in [2.45, 2.75) is 13.8 Å². The van der Waals surface area contributed by atoms with Gasteiger partial charge in [0.1, 0.15) is 33.1 Å². The minimum absolute atomic E-state index is 1.01. The van der Waals surface area contributed by atoms with Crippen molar-refractivity contribution in [3.05, 3.63) is 59.7 Å². The molecule has 0 amide bonds. The van der Waals surface area contributed by atoms with E-state index in [9.17, 15) is 0 Å². The maximum Gasteiger partial charge on any atom is 0.275 e. The van der Waals surface area contributed by atoms with E-state index in [2.05, 4.69) is 13.8 Å². The van der Waals surface area contributed by atoms with Crippen LogP contribution in [0.3, 0.4) is 0 Å². The van der Waals surface area contributed by atoms with Gasteiger partial charge in [-0.1, -0.05) is 35.4 Å². The van der Waals surface area contributed by atoms with Gasteiger partial charge in [0.2, 0.25) is 0 Å². The van der Waals surface area contributed by atoms with Gasteiger partial charge in [0, 0.05) is 0 Å². The highest BCUT2D eigenvalue weighted by atomic mass is 35.9. The molecule has 0 spiro atoms.